The number of hydrogen-bond acceptors (Lipinski definition) is 3. The third-order valence-electron chi connectivity index (χ3n) is 2.67. The topological polar surface area (TPSA) is 33.6 Å². The third kappa shape index (κ3) is 1.95. The SMILES string of the molecule is S=c1[nH]nc(C2CC2)n1Cc1ccc(Cl)s1. The van der Waals surface area contributed by atoms with Crippen LogP contribution in [-0.2, 0) is 6.54 Å². The van der Waals surface area contributed by atoms with Crippen LogP contribution in [0.3, 0.4) is 0 Å². The zero-order valence-corrected chi connectivity index (χ0v) is 10.8. The molecule has 1 aliphatic carbocycles. The van der Waals surface area contributed by atoms with Crippen molar-refractivity contribution in [3.05, 3.63) is 31.9 Å². The Labute approximate surface area is 107 Å². The molecule has 0 radical (unpaired) electrons. The summed E-state index contributed by atoms with van der Waals surface area (Å²) in [5, 5.41) is 7.17. The number of rotatable bonds is 3. The Hall–Kier alpha value is -0.650. The van der Waals surface area contributed by atoms with Crippen molar-refractivity contribution in [2.75, 3.05) is 0 Å². The number of halogens is 1. The lowest BCUT2D eigenvalue weighted by Crippen LogP contribution is -2.03. The van der Waals surface area contributed by atoms with E-state index in [2.05, 4.69) is 14.8 Å². The van der Waals surface area contributed by atoms with E-state index in [-0.39, 0.29) is 0 Å². The van der Waals surface area contributed by atoms with Gasteiger partial charge in [0, 0.05) is 10.8 Å². The molecule has 3 rings (SSSR count). The second kappa shape index (κ2) is 3.98. The lowest BCUT2D eigenvalue weighted by Gasteiger charge is -2.03. The average molecular weight is 272 g/mol. The summed E-state index contributed by atoms with van der Waals surface area (Å²) in [6, 6.07) is 3.96. The second-order valence-corrected chi connectivity index (χ2v) is 6.14. The molecule has 0 atom stereocenters. The zero-order valence-electron chi connectivity index (χ0n) is 8.44. The van der Waals surface area contributed by atoms with Crippen molar-refractivity contribution in [3.63, 3.8) is 0 Å². The second-order valence-electron chi connectivity index (χ2n) is 3.95. The molecule has 0 aromatic carbocycles. The molecule has 0 aliphatic heterocycles. The van der Waals surface area contributed by atoms with Crippen LogP contribution in [0.5, 0.6) is 0 Å². The van der Waals surface area contributed by atoms with Crippen LogP contribution in [0, 0.1) is 4.77 Å². The van der Waals surface area contributed by atoms with Gasteiger partial charge in [0.2, 0.25) is 0 Å². The maximum atomic E-state index is 5.91. The summed E-state index contributed by atoms with van der Waals surface area (Å²) >= 11 is 12.7. The molecule has 0 spiro atoms. The highest BCUT2D eigenvalue weighted by Gasteiger charge is 2.29. The Bertz CT molecular complexity index is 565. The quantitative estimate of drug-likeness (QED) is 0.866. The van der Waals surface area contributed by atoms with Crippen LogP contribution in [0.1, 0.15) is 29.5 Å². The number of H-pyrrole nitrogens is 1. The number of aromatic nitrogens is 3. The highest BCUT2D eigenvalue weighted by atomic mass is 35.5. The van der Waals surface area contributed by atoms with Crippen LogP contribution in [0.25, 0.3) is 0 Å². The van der Waals surface area contributed by atoms with Crippen LogP contribution >= 0.6 is 35.2 Å². The van der Waals surface area contributed by atoms with Crippen molar-refractivity contribution in [1.82, 2.24) is 14.8 Å². The largest absolute Gasteiger partial charge is 0.299 e. The molecule has 1 N–H and O–H groups in total. The molecule has 0 saturated heterocycles. The van der Waals surface area contributed by atoms with Gasteiger partial charge in [0.25, 0.3) is 0 Å². The summed E-state index contributed by atoms with van der Waals surface area (Å²) < 4.78 is 3.60. The fourth-order valence-electron chi connectivity index (χ4n) is 1.73. The first-order chi connectivity index (χ1) is 7.74. The molecule has 2 aromatic rings. The van der Waals surface area contributed by atoms with Crippen LogP contribution < -0.4 is 0 Å². The molecule has 1 saturated carbocycles. The van der Waals surface area contributed by atoms with Crippen molar-refractivity contribution in [2.24, 2.45) is 0 Å². The normalized spacial score (nSPS) is 15.6. The van der Waals surface area contributed by atoms with E-state index in [9.17, 15) is 0 Å². The smallest absolute Gasteiger partial charge is 0.195 e. The molecule has 1 aliphatic rings. The van der Waals surface area contributed by atoms with Crippen molar-refractivity contribution in [3.8, 4) is 0 Å². The first-order valence-electron chi connectivity index (χ1n) is 5.13. The fraction of sp³-hybridized carbons (Fsp3) is 0.400. The van der Waals surface area contributed by atoms with E-state index >= 15 is 0 Å². The molecule has 0 bridgehead atoms. The Kier molecular flexibility index (Phi) is 2.61. The van der Waals surface area contributed by atoms with E-state index in [1.807, 2.05) is 12.1 Å². The molecular formula is C10H10ClN3S2. The molecule has 0 amide bonds. The van der Waals surface area contributed by atoms with Crippen LogP contribution in [0.2, 0.25) is 4.34 Å². The first kappa shape index (κ1) is 10.5. The lowest BCUT2D eigenvalue weighted by atomic mass is 10.4. The zero-order chi connectivity index (χ0) is 11.1. The average Bonchev–Trinajstić information content (AvgIpc) is 2.93. The van der Waals surface area contributed by atoms with E-state index in [0.717, 1.165) is 16.7 Å². The predicted octanol–water partition coefficient (Wildman–Crippen LogP) is 3.58. The standard InChI is InChI=1S/C10H10ClN3S2/c11-8-4-3-7(16-8)5-14-9(6-1-2-6)12-13-10(14)15/h3-4,6H,1-2,5H2,(H,13,15). The molecule has 3 nitrogen and oxygen atoms in total. The summed E-state index contributed by atoms with van der Waals surface area (Å²) in [6.45, 7) is 0.776. The van der Waals surface area contributed by atoms with Gasteiger partial charge in [-0.3, -0.25) is 9.67 Å². The van der Waals surface area contributed by atoms with Gasteiger partial charge in [-0.15, -0.1) is 11.3 Å². The molecule has 1 fully saturated rings. The lowest BCUT2D eigenvalue weighted by molar-refractivity contribution is 0.727. The number of nitrogens with zero attached hydrogens (tertiary/aromatic N) is 2. The van der Waals surface area contributed by atoms with Gasteiger partial charge < -0.3 is 0 Å². The van der Waals surface area contributed by atoms with Crippen LogP contribution in [0.4, 0.5) is 0 Å². The summed E-state index contributed by atoms with van der Waals surface area (Å²) in [7, 11) is 0. The van der Waals surface area contributed by atoms with E-state index in [0.29, 0.717) is 10.7 Å². The molecule has 16 heavy (non-hydrogen) atoms. The van der Waals surface area contributed by atoms with Gasteiger partial charge in [0.05, 0.1) is 10.9 Å². The minimum Gasteiger partial charge on any atom is -0.299 e. The summed E-state index contributed by atoms with van der Waals surface area (Å²) in [5.74, 6) is 1.69. The summed E-state index contributed by atoms with van der Waals surface area (Å²) in [6.07, 6.45) is 2.45. The van der Waals surface area contributed by atoms with Crippen LogP contribution in [0.15, 0.2) is 12.1 Å². The minimum absolute atomic E-state index is 0.600. The van der Waals surface area contributed by atoms with E-state index in [1.165, 1.54) is 17.7 Å². The maximum Gasteiger partial charge on any atom is 0.195 e. The van der Waals surface area contributed by atoms with Crippen molar-refractivity contribution < 1.29 is 0 Å². The van der Waals surface area contributed by atoms with Crippen molar-refractivity contribution >= 4 is 35.2 Å². The van der Waals surface area contributed by atoms with Crippen molar-refractivity contribution in [1.29, 1.82) is 0 Å². The molecule has 84 valence electrons. The van der Waals surface area contributed by atoms with Gasteiger partial charge >= 0.3 is 0 Å². The van der Waals surface area contributed by atoms with Gasteiger partial charge in [-0.05, 0) is 37.2 Å². The Morgan fingerprint density at radius 1 is 1.56 bits per heavy atom. The van der Waals surface area contributed by atoms with Crippen molar-refractivity contribution in [2.45, 2.75) is 25.3 Å². The van der Waals surface area contributed by atoms with E-state index in [1.54, 1.807) is 11.3 Å². The van der Waals surface area contributed by atoms with Gasteiger partial charge in [-0.25, -0.2) is 0 Å². The first-order valence-corrected chi connectivity index (χ1v) is 6.73. The number of aromatic amines is 1. The van der Waals surface area contributed by atoms with Gasteiger partial charge in [0.1, 0.15) is 5.82 Å². The van der Waals surface area contributed by atoms with E-state index in [4.69, 9.17) is 23.8 Å². The maximum absolute atomic E-state index is 5.91. The number of thiophene rings is 1. The van der Waals surface area contributed by atoms with Gasteiger partial charge in [-0.2, -0.15) is 5.10 Å². The third-order valence-corrected chi connectivity index (χ3v) is 4.20. The number of nitrogens with one attached hydrogen (secondary N) is 1. The molecule has 2 aromatic heterocycles. The molecule has 6 heteroatoms. The van der Waals surface area contributed by atoms with Gasteiger partial charge in [-0.1, -0.05) is 11.6 Å². The monoisotopic (exact) mass is 271 g/mol. The number of hydrogen-bond donors (Lipinski definition) is 1. The molecule has 2 heterocycles. The Morgan fingerprint density at radius 2 is 2.38 bits per heavy atom. The summed E-state index contributed by atoms with van der Waals surface area (Å²) in [5.41, 5.74) is 0. The highest BCUT2D eigenvalue weighted by Crippen LogP contribution is 2.39. The molecule has 0 unspecified atom stereocenters. The summed E-state index contributed by atoms with van der Waals surface area (Å²) in [4.78, 5) is 1.21. The minimum atomic E-state index is 0.600. The van der Waals surface area contributed by atoms with E-state index < -0.39 is 0 Å². The Morgan fingerprint density at radius 3 is 3.00 bits per heavy atom. The van der Waals surface area contributed by atoms with Gasteiger partial charge in [0.15, 0.2) is 4.77 Å². The predicted molar refractivity (Wildman–Crippen MR) is 67.8 cm³/mol. The highest BCUT2D eigenvalue weighted by molar-refractivity contribution is 7.71. The molecular weight excluding hydrogens is 262 g/mol. The fourth-order valence-corrected chi connectivity index (χ4v) is 3.01. The van der Waals surface area contributed by atoms with Crippen LogP contribution in [-0.4, -0.2) is 14.8 Å². The Balaban J connectivity index is 1.93.